The second kappa shape index (κ2) is 43.9. The number of hydrogen-bond acceptors (Lipinski definition) is 44. The van der Waals surface area contributed by atoms with Crippen LogP contribution < -0.4 is 0 Å². The van der Waals surface area contributed by atoms with Crippen LogP contribution in [0, 0.1) is 56.2 Å². The van der Waals surface area contributed by atoms with Gasteiger partial charge in [0.05, 0.1) is 81.2 Å². The highest BCUT2D eigenvalue weighted by atomic mass is 16.8. The fraction of sp³-hybridized carbons (Fsp3) is 0.884. The highest BCUT2D eigenvalue weighted by Gasteiger charge is 2.74. The van der Waals surface area contributed by atoms with Crippen LogP contribution >= 0.6 is 0 Å². The molecule has 12 fully saturated rings. The number of carbonyl (C=O) groups excluding carboxylic acids is 3. The average Bonchev–Trinajstić information content (AvgIpc) is 0.921. The van der Waals surface area contributed by atoms with Gasteiger partial charge in [-0.15, -0.1) is 13.2 Å². The van der Waals surface area contributed by atoms with E-state index in [4.69, 9.17) is 85.3 Å². The number of allylic oxidation sites excluding steroid dienone is 3. The summed E-state index contributed by atoms with van der Waals surface area (Å²) < 4.78 is 110. The molecule has 23 N–H and O–H groups in total. The Bertz CT molecular complexity index is 4200. The highest BCUT2D eigenvalue weighted by molar-refractivity contribution is 5.88. The maximum Gasteiger partial charge on any atom is 0.333 e. The molecule has 139 heavy (non-hydrogen) atoms. The molecular formula is C95H152O44. The zero-order valence-electron chi connectivity index (χ0n) is 80.9. The number of fused-ring (bicyclic) bond motifs is 7. The Hall–Kier alpha value is -4.15. The molecule has 0 bridgehead atoms. The van der Waals surface area contributed by atoms with Gasteiger partial charge in [0.15, 0.2) is 56.2 Å². The first kappa shape index (κ1) is 112. The van der Waals surface area contributed by atoms with Gasteiger partial charge >= 0.3 is 17.9 Å². The SMILES string of the molecule is C=C[C@@](C)(O)CC/C=C(/C)C(=O)O[C@H]1[C@H](O)[C@@H](O)[C@H](O[C@](C)(C=C)CCC[C@H](C)C(=O)O[C@H]2C[C@]3(C(=O)O[C@@H]4O[C@H](CO)[C@@H](O)[C@H](O)[C@H]4O[C@H]4O[C@@H](C)[C@H](O[C@@H]5O[C@@H](CO)[C@H](O)[C@H]5O)[C@@H](O[C@@H]5O[C@H](CO)[C@@H](O)[C@H](O)[C@H]5O)[C@H]4O)[C@H](O)C[C@]4(C)C(=CC[C@@H]5[C@@]6(C)CC[C@H](O[C@@H]7O[C@H](CO[C@@H]8OC[C@H](O)[C@H](O)[C@H]8O[C@@H]8OC[C@@H](O)[C@H](O)[C@H]8O)[C@@H](O)[C@H](O)[C@H]7O)C(C)(C)[C@@H]6CC[C@]54C)[C@@H]3CC2(C)C)O[C@@H]1C. The maximum absolute atomic E-state index is 16.8. The summed E-state index contributed by atoms with van der Waals surface area (Å²) in [6.07, 6.45) is -59.2. The Labute approximate surface area is 806 Å². The molecule has 5 aliphatic carbocycles. The van der Waals surface area contributed by atoms with E-state index in [1.165, 1.54) is 32.9 Å². The zero-order valence-corrected chi connectivity index (χ0v) is 80.9. The summed E-state index contributed by atoms with van der Waals surface area (Å²) in [6.45, 7) is 26.9. The monoisotopic (exact) mass is 2000 g/mol. The van der Waals surface area contributed by atoms with Crippen LogP contribution in [-0.4, -0.2) is 432 Å². The molecule has 4 saturated carbocycles. The Morgan fingerprint density at radius 1 is 0.504 bits per heavy atom. The van der Waals surface area contributed by atoms with Crippen LogP contribution in [0.4, 0.5) is 0 Å². The molecule has 13 aliphatic rings. The molecular weight excluding hydrogens is 1850 g/mol. The molecule has 796 valence electrons. The smallest absolute Gasteiger partial charge is 0.333 e. The van der Waals surface area contributed by atoms with Gasteiger partial charge in [0.25, 0.3) is 0 Å². The molecule has 0 amide bonds. The van der Waals surface area contributed by atoms with E-state index in [1.807, 2.05) is 13.8 Å². The summed E-state index contributed by atoms with van der Waals surface area (Å²) in [5, 5.41) is 257. The molecule has 8 aliphatic heterocycles. The highest BCUT2D eigenvalue weighted by Crippen LogP contribution is 2.76. The van der Waals surface area contributed by atoms with Gasteiger partial charge in [-0.05, 0) is 151 Å². The molecule has 13 rings (SSSR count). The normalized spacial score (nSPS) is 48.8. The lowest BCUT2D eigenvalue weighted by Gasteiger charge is -2.72. The van der Waals surface area contributed by atoms with E-state index in [0.717, 1.165) is 5.57 Å². The van der Waals surface area contributed by atoms with Crippen LogP contribution in [0.25, 0.3) is 0 Å². The number of rotatable bonds is 33. The summed E-state index contributed by atoms with van der Waals surface area (Å²) in [7, 11) is 0. The minimum absolute atomic E-state index is 0.0232. The Morgan fingerprint density at radius 3 is 1.63 bits per heavy atom. The van der Waals surface area contributed by atoms with Gasteiger partial charge in [-0.2, -0.15) is 0 Å². The molecule has 0 aromatic carbocycles. The van der Waals surface area contributed by atoms with Crippen molar-refractivity contribution in [3.63, 3.8) is 0 Å². The second-order valence-electron chi connectivity index (χ2n) is 43.4. The number of carbonyl (C=O) groups is 3. The van der Waals surface area contributed by atoms with E-state index in [2.05, 4.69) is 53.9 Å². The van der Waals surface area contributed by atoms with Crippen LogP contribution in [-0.2, 0) is 99.6 Å². The zero-order chi connectivity index (χ0) is 102. The van der Waals surface area contributed by atoms with Crippen molar-refractivity contribution in [2.75, 3.05) is 39.6 Å². The first-order chi connectivity index (χ1) is 65.1. The molecule has 0 unspecified atom stereocenters. The van der Waals surface area contributed by atoms with Crippen molar-refractivity contribution in [1.29, 1.82) is 0 Å². The van der Waals surface area contributed by atoms with Crippen molar-refractivity contribution in [1.82, 2.24) is 0 Å². The minimum atomic E-state index is -2.26. The molecule has 0 radical (unpaired) electrons. The molecule has 50 atom stereocenters. The largest absolute Gasteiger partial charge is 0.462 e. The number of aliphatic hydroxyl groups excluding tert-OH is 22. The Kier molecular flexibility index (Phi) is 35.4. The van der Waals surface area contributed by atoms with Crippen LogP contribution in [0.3, 0.4) is 0 Å². The fourth-order valence-corrected chi connectivity index (χ4v) is 24.2. The van der Waals surface area contributed by atoms with Crippen molar-refractivity contribution in [2.24, 2.45) is 56.2 Å². The lowest BCUT2D eigenvalue weighted by molar-refractivity contribution is -0.390. The Balaban J connectivity index is 0.763. The first-order valence-electron chi connectivity index (χ1n) is 48.6. The topological polar surface area (TPSA) is 683 Å². The summed E-state index contributed by atoms with van der Waals surface area (Å²) in [5.41, 5.74) is -7.69. The quantitative estimate of drug-likeness (QED) is 0.00971. The third-order valence-electron chi connectivity index (χ3n) is 33.4. The van der Waals surface area contributed by atoms with Crippen molar-refractivity contribution >= 4 is 17.9 Å². The van der Waals surface area contributed by atoms with Gasteiger partial charge < -0.3 is 203 Å². The Morgan fingerprint density at radius 2 is 1.01 bits per heavy atom. The standard InChI is InChI=1S/C95H152O44/c1-16-90(11,121)26-18-20-40(4)78(119)133-72-41(5)126-84(70(116)65(72)111)139-91(12,17-2)27-19-21-39(3)77(118)131-55-32-95(87(120)138-86-76(64(110)59(105)48(34-97)129-86)137-83-71(117)74(135-82-69(115)62(108)58(104)47(33-96)127-82)73(42(6)125-83)134-81-67(113)60(106)49(35-98)128-81)44(30-88(55,7)8)43-22-23-52-92(13)28-25-54(89(9,10)51(92)24-29-93(52,14)94(43,15)31-53(95)101)132-80-68(114)63(109)61(107)50(130-80)38-124-85-75(57(103)46(100)37-123-85)136-79-66(112)56(102)45(99)36-122-79/h16-17,20,22,39,41-42,44-76,79-86,96-117,121H,1-2,18-19,21,23-38H2,3-15H3/b40-20-/t39-,41+,42-,44-,45+,46-,47+,48+,49-,50+,51-,52+,53+,54-,55-,56-,57-,58+,59+,60-,61+,62-,63-,64-,65+,66+,67+,68+,69+,70+,71+,72+,73-,74-,75+,76+,79-,80-,81-,82-,83+,84-,85-,86-,90+,91+,92-,93+,94+,95+/m0/s1. The fourth-order valence-electron chi connectivity index (χ4n) is 24.2. The molecule has 0 aromatic heterocycles. The predicted molar refractivity (Wildman–Crippen MR) is 471 cm³/mol. The van der Waals surface area contributed by atoms with Crippen LogP contribution in [0.2, 0.25) is 0 Å². The minimum Gasteiger partial charge on any atom is -0.462 e. The third-order valence-corrected chi connectivity index (χ3v) is 33.4. The summed E-state index contributed by atoms with van der Waals surface area (Å²) in [6, 6.07) is 0. The first-order valence-corrected chi connectivity index (χ1v) is 48.6. The van der Waals surface area contributed by atoms with Gasteiger partial charge in [0.1, 0.15) is 164 Å². The third kappa shape index (κ3) is 21.8. The lowest BCUT2D eigenvalue weighted by Crippen LogP contribution is -2.70. The number of aliphatic hydroxyl groups is 23. The van der Waals surface area contributed by atoms with E-state index in [1.54, 1.807) is 26.8 Å². The van der Waals surface area contributed by atoms with Gasteiger partial charge in [-0.3, -0.25) is 9.59 Å². The molecule has 8 saturated heterocycles. The van der Waals surface area contributed by atoms with E-state index >= 15 is 9.59 Å². The van der Waals surface area contributed by atoms with Gasteiger partial charge in [-0.25, -0.2) is 4.79 Å². The van der Waals surface area contributed by atoms with Crippen LogP contribution in [0.15, 0.2) is 48.6 Å². The molecule has 0 aromatic rings. The molecule has 0 spiro atoms. The second-order valence-corrected chi connectivity index (χ2v) is 43.4. The van der Waals surface area contributed by atoms with E-state index in [-0.39, 0.29) is 55.9 Å². The number of ether oxygens (including phenoxy) is 18. The van der Waals surface area contributed by atoms with Crippen LogP contribution in [0.5, 0.6) is 0 Å². The predicted octanol–water partition coefficient (Wildman–Crippen LogP) is -4.32. The van der Waals surface area contributed by atoms with Crippen molar-refractivity contribution in [3.05, 3.63) is 48.6 Å². The average molecular weight is 2000 g/mol. The molecule has 44 nitrogen and oxygen atoms in total. The summed E-state index contributed by atoms with van der Waals surface area (Å²) in [5.74, 6) is -4.89. The van der Waals surface area contributed by atoms with Crippen molar-refractivity contribution < 1.29 is 217 Å². The van der Waals surface area contributed by atoms with Crippen LogP contribution in [0.1, 0.15) is 173 Å². The maximum atomic E-state index is 16.8. The van der Waals surface area contributed by atoms with Gasteiger partial charge in [0.2, 0.25) is 6.29 Å². The van der Waals surface area contributed by atoms with E-state index in [0.29, 0.717) is 38.5 Å². The van der Waals surface area contributed by atoms with Crippen molar-refractivity contribution in [2.45, 2.75) is 430 Å². The number of hydrogen-bond donors (Lipinski definition) is 23. The van der Waals surface area contributed by atoms with E-state index < -0.39 is 365 Å². The van der Waals surface area contributed by atoms with Crippen molar-refractivity contribution in [3.8, 4) is 0 Å². The molecule has 8 heterocycles. The van der Waals surface area contributed by atoms with Gasteiger partial charge in [0, 0.05) is 17.4 Å². The van der Waals surface area contributed by atoms with Gasteiger partial charge in [-0.1, -0.05) is 85.3 Å². The number of esters is 3. The van der Waals surface area contributed by atoms with E-state index in [9.17, 15) is 122 Å². The molecule has 44 heteroatoms. The summed E-state index contributed by atoms with van der Waals surface area (Å²) in [4.78, 5) is 45.1. The summed E-state index contributed by atoms with van der Waals surface area (Å²) >= 11 is 0. The lowest BCUT2D eigenvalue weighted by atomic mass is 9.33.